The summed E-state index contributed by atoms with van der Waals surface area (Å²) in [6, 6.07) is 17.7. The van der Waals surface area contributed by atoms with Gasteiger partial charge in [0.15, 0.2) is 0 Å². The fourth-order valence-electron chi connectivity index (χ4n) is 3.36. The van der Waals surface area contributed by atoms with Crippen LogP contribution < -0.4 is 5.32 Å². The first-order valence-corrected chi connectivity index (χ1v) is 9.03. The lowest BCUT2D eigenvalue weighted by Gasteiger charge is -2.31. The van der Waals surface area contributed by atoms with Crippen molar-refractivity contribution in [3.63, 3.8) is 0 Å². The van der Waals surface area contributed by atoms with Gasteiger partial charge in [0, 0.05) is 24.6 Å². The zero-order valence-corrected chi connectivity index (χ0v) is 15.8. The predicted molar refractivity (Wildman–Crippen MR) is 107 cm³/mol. The van der Waals surface area contributed by atoms with Gasteiger partial charge in [0.2, 0.25) is 5.91 Å². The van der Waals surface area contributed by atoms with E-state index in [1.807, 2.05) is 36.4 Å². The van der Waals surface area contributed by atoms with Gasteiger partial charge in [-0.1, -0.05) is 48.5 Å². The molecule has 5 heteroatoms. The number of amides is 1. The molecule has 1 fully saturated rings. The van der Waals surface area contributed by atoms with E-state index in [0.717, 1.165) is 44.5 Å². The molecule has 1 aliphatic rings. The number of phenols is 1. The summed E-state index contributed by atoms with van der Waals surface area (Å²) in [5.41, 5.74) is 2.20. The van der Waals surface area contributed by atoms with Gasteiger partial charge in [-0.15, -0.1) is 12.4 Å². The van der Waals surface area contributed by atoms with Crippen LogP contribution in [0.4, 0.5) is 0 Å². The summed E-state index contributed by atoms with van der Waals surface area (Å²) in [6.45, 7) is 3.23. The number of benzene rings is 2. The number of nitrogens with zero attached hydrogens (tertiary/aromatic N) is 1. The minimum atomic E-state index is 0. The van der Waals surface area contributed by atoms with Crippen molar-refractivity contribution in [3.05, 3.63) is 65.7 Å². The van der Waals surface area contributed by atoms with Gasteiger partial charge >= 0.3 is 0 Å². The Hall–Kier alpha value is -2.04. The number of nitrogens with one attached hydrogen (secondary N) is 1. The molecule has 0 radical (unpaired) electrons. The minimum Gasteiger partial charge on any atom is -0.508 e. The van der Waals surface area contributed by atoms with Crippen molar-refractivity contribution < 1.29 is 9.90 Å². The first kappa shape index (κ1) is 20.3. The maximum absolute atomic E-state index is 12.3. The number of piperidine rings is 1. The Balaban J connectivity index is 0.00000243. The van der Waals surface area contributed by atoms with Crippen molar-refractivity contribution >= 4 is 18.3 Å². The second-order valence-electron chi connectivity index (χ2n) is 6.71. The molecule has 0 unspecified atom stereocenters. The van der Waals surface area contributed by atoms with Crippen LogP contribution in [0.3, 0.4) is 0 Å². The van der Waals surface area contributed by atoms with Crippen LogP contribution in [0.1, 0.15) is 24.0 Å². The lowest BCUT2D eigenvalue weighted by Crippen LogP contribution is -2.40. The van der Waals surface area contributed by atoms with Gasteiger partial charge in [0.05, 0.1) is 0 Å². The van der Waals surface area contributed by atoms with E-state index in [1.54, 1.807) is 6.07 Å². The lowest BCUT2D eigenvalue weighted by atomic mass is 9.95. The number of hydrogen-bond acceptors (Lipinski definition) is 3. The highest BCUT2D eigenvalue weighted by molar-refractivity contribution is 5.85. The molecule has 1 saturated heterocycles. The lowest BCUT2D eigenvalue weighted by molar-refractivity contribution is -0.126. The van der Waals surface area contributed by atoms with Crippen LogP contribution in [-0.2, 0) is 17.8 Å². The van der Waals surface area contributed by atoms with E-state index in [2.05, 4.69) is 22.3 Å². The Morgan fingerprint density at radius 3 is 2.38 bits per heavy atom. The number of halogens is 1. The first-order chi connectivity index (χ1) is 12.2. The Morgan fingerprint density at radius 2 is 1.69 bits per heavy atom. The molecule has 0 aliphatic carbocycles. The number of phenolic OH excluding ortho intramolecular Hbond substituents is 1. The van der Waals surface area contributed by atoms with Gasteiger partial charge in [-0.3, -0.25) is 9.69 Å². The van der Waals surface area contributed by atoms with Crippen molar-refractivity contribution in [2.45, 2.75) is 25.8 Å². The Bertz CT molecular complexity index is 685. The van der Waals surface area contributed by atoms with Gasteiger partial charge < -0.3 is 10.4 Å². The molecule has 1 heterocycles. The molecule has 140 valence electrons. The monoisotopic (exact) mass is 374 g/mol. The van der Waals surface area contributed by atoms with Gasteiger partial charge in [0.1, 0.15) is 5.75 Å². The summed E-state index contributed by atoms with van der Waals surface area (Å²) < 4.78 is 0. The molecule has 26 heavy (non-hydrogen) atoms. The largest absolute Gasteiger partial charge is 0.508 e. The predicted octanol–water partition coefficient (Wildman–Crippen LogP) is 3.38. The Labute approximate surface area is 161 Å². The number of likely N-dealkylation sites (tertiary alicyclic amines) is 1. The fourth-order valence-corrected chi connectivity index (χ4v) is 3.36. The molecule has 4 nitrogen and oxygen atoms in total. The maximum Gasteiger partial charge on any atom is 0.223 e. The number of hydrogen-bond donors (Lipinski definition) is 2. The fraction of sp³-hybridized carbons (Fsp3) is 0.381. The van der Waals surface area contributed by atoms with Crippen molar-refractivity contribution in [3.8, 4) is 5.75 Å². The number of carbonyl (C=O) groups is 1. The summed E-state index contributed by atoms with van der Waals surface area (Å²) in [5, 5.41) is 13.0. The molecule has 1 aliphatic heterocycles. The highest BCUT2D eigenvalue weighted by Gasteiger charge is 2.25. The Kier molecular flexibility index (Phi) is 7.95. The molecule has 2 aromatic rings. The van der Waals surface area contributed by atoms with E-state index >= 15 is 0 Å². The van der Waals surface area contributed by atoms with E-state index in [-0.39, 0.29) is 24.2 Å². The zero-order chi connectivity index (χ0) is 17.5. The number of para-hydroxylation sites is 1. The Morgan fingerprint density at radius 1 is 1.04 bits per heavy atom. The quantitative estimate of drug-likeness (QED) is 0.814. The van der Waals surface area contributed by atoms with Crippen molar-refractivity contribution in [1.82, 2.24) is 10.2 Å². The summed E-state index contributed by atoms with van der Waals surface area (Å²) in [6.07, 6.45) is 2.63. The SMILES string of the molecule is Cl.O=C(NCCc1ccccc1)C1CCN(Cc2ccccc2O)CC1. The number of aromatic hydroxyl groups is 1. The molecule has 3 rings (SSSR count). The summed E-state index contributed by atoms with van der Waals surface area (Å²) >= 11 is 0. The van der Waals surface area contributed by atoms with Crippen molar-refractivity contribution in [2.24, 2.45) is 5.92 Å². The molecule has 2 N–H and O–H groups in total. The van der Waals surface area contributed by atoms with Crippen LogP contribution in [0, 0.1) is 5.92 Å². The van der Waals surface area contributed by atoms with E-state index in [4.69, 9.17) is 0 Å². The van der Waals surface area contributed by atoms with Gasteiger partial charge in [-0.2, -0.15) is 0 Å². The van der Waals surface area contributed by atoms with Crippen molar-refractivity contribution in [2.75, 3.05) is 19.6 Å². The third kappa shape index (κ3) is 5.75. The summed E-state index contributed by atoms with van der Waals surface area (Å²) in [4.78, 5) is 14.6. The zero-order valence-electron chi connectivity index (χ0n) is 14.9. The minimum absolute atomic E-state index is 0. The van der Waals surface area contributed by atoms with E-state index in [0.29, 0.717) is 12.3 Å². The van der Waals surface area contributed by atoms with Crippen molar-refractivity contribution in [1.29, 1.82) is 0 Å². The third-order valence-corrected chi connectivity index (χ3v) is 4.90. The topological polar surface area (TPSA) is 52.6 Å². The first-order valence-electron chi connectivity index (χ1n) is 9.03. The summed E-state index contributed by atoms with van der Waals surface area (Å²) in [7, 11) is 0. The summed E-state index contributed by atoms with van der Waals surface area (Å²) in [5.74, 6) is 0.637. The maximum atomic E-state index is 12.3. The number of carbonyl (C=O) groups excluding carboxylic acids is 1. The average molecular weight is 375 g/mol. The van der Waals surface area contributed by atoms with Gasteiger partial charge in [-0.05, 0) is 44.0 Å². The molecular weight excluding hydrogens is 348 g/mol. The van der Waals surface area contributed by atoms with Crippen LogP contribution in [0.15, 0.2) is 54.6 Å². The molecule has 0 saturated carbocycles. The van der Waals surface area contributed by atoms with Crippen LogP contribution in [0.2, 0.25) is 0 Å². The average Bonchev–Trinajstić information content (AvgIpc) is 2.65. The van der Waals surface area contributed by atoms with Crippen LogP contribution in [0.25, 0.3) is 0 Å². The normalized spacial score (nSPS) is 15.2. The van der Waals surface area contributed by atoms with E-state index in [9.17, 15) is 9.90 Å². The smallest absolute Gasteiger partial charge is 0.223 e. The third-order valence-electron chi connectivity index (χ3n) is 4.90. The number of rotatable bonds is 6. The van der Waals surface area contributed by atoms with Crippen LogP contribution >= 0.6 is 12.4 Å². The van der Waals surface area contributed by atoms with E-state index in [1.165, 1.54) is 5.56 Å². The second-order valence-corrected chi connectivity index (χ2v) is 6.71. The van der Waals surface area contributed by atoms with E-state index < -0.39 is 0 Å². The molecule has 1 amide bonds. The second kappa shape index (κ2) is 10.2. The highest BCUT2D eigenvalue weighted by Crippen LogP contribution is 2.22. The molecule has 0 spiro atoms. The standard InChI is InChI=1S/C21H26N2O2.ClH/c24-20-9-5-4-8-19(20)16-23-14-11-18(12-15-23)21(25)22-13-10-17-6-2-1-3-7-17;/h1-9,18,24H,10-16H2,(H,22,25);1H. The molecular formula is C21H27ClN2O2. The van der Waals surface area contributed by atoms with Gasteiger partial charge in [-0.25, -0.2) is 0 Å². The highest BCUT2D eigenvalue weighted by atomic mass is 35.5. The molecule has 2 aromatic carbocycles. The van der Waals surface area contributed by atoms with Crippen LogP contribution in [0.5, 0.6) is 5.75 Å². The van der Waals surface area contributed by atoms with Gasteiger partial charge in [0.25, 0.3) is 0 Å². The molecule has 0 atom stereocenters. The molecule has 0 aromatic heterocycles. The molecule has 0 bridgehead atoms. The van der Waals surface area contributed by atoms with Crippen LogP contribution in [-0.4, -0.2) is 35.5 Å².